The van der Waals surface area contributed by atoms with Crippen molar-refractivity contribution in [2.45, 2.75) is 32.2 Å². The number of carboxylic acids is 1. The van der Waals surface area contributed by atoms with Gasteiger partial charge in [-0.3, -0.25) is 9.59 Å². The number of carboxylic acid groups (broad SMARTS) is 1. The fourth-order valence-electron chi connectivity index (χ4n) is 2.78. The van der Waals surface area contributed by atoms with E-state index >= 15 is 0 Å². The number of carbonyl (C=O) groups excluding carboxylic acids is 1. The molecule has 1 aromatic carbocycles. The predicted octanol–water partition coefficient (Wildman–Crippen LogP) is 1.57. The van der Waals surface area contributed by atoms with E-state index in [0.717, 1.165) is 17.5 Å². The quantitative estimate of drug-likeness (QED) is 0.862. The molecule has 3 N–H and O–H groups in total. The number of fused-ring (bicyclic) bond motifs is 1. The molecule has 2 atom stereocenters. The molecular weight excluding hydrogens is 268 g/mol. The van der Waals surface area contributed by atoms with E-state index in [4.69, 9.17) is 5.73 Å². The first-order valence-electron chi connectivity index (χ1n) is 7.35. The number of nitrogens with two attached hydrogens (primary N) is 1. The molecule has 1 heterocycles. The molecule has 0 spiro atoms. The standard InChI is InChI=1S/C16H22N2O3/c1-2-11(8-17)7-15(19)18-9-12-5-3-4-6-13(12)14(10-18)16(20)21/h3-6,11,14H,2,7-10,17H2,1H3,(H,20,21). The second-order valence-corrected chi connectivity index (χ2v) is 5.58. The fraction of sp³-hybridized carbons (Fsp3) is 0.500. The molecular formula is C16H22N2O3. The maximum absolute atomic E-state index is 12.4. The highest BCUT2D eigenvalue weighted by atomic mass is 16.4. The van der Waals surface area contributed by atoms with Crippen LogP contribution in [0.25, 0.3) is 0 Å². The highest BCUT2D eigenvalue weighted by molar-refractivity contribution is 5.81. The minimum atomic E-state index is -0.884. The lowest BCUT2D eigenvalue weighted by atomic mass is 9.89. The number of carbonyl (C=O) groups is 2. The van der Waals surface area contributed by atoms with Crippen LogP contribution < -0.4 is 5.73 Å². The zero-order chi connectivity index (χ0) is 15.4. The third kappa shape index (κ3) is 3.42. The fourth-order valence-corrected chi connectivity index (χ4v) is 2.78. The number of nitrogens with zero attached hydrogens (tertiary/aromatic N) is 1. The van der Waals surface area contributed by atoms with Crippen LogP contribution in [-0.2, 0) is 16.1 Å². The lowest BCUT2D eigenvalue weighted by Crippen LogP contribution is -2.41. The van der Waals surface area contributed by atoms with Gasteiger partial charge in [0.25, 0.3) is 0 Å². The van der Waals surface area contributed by atoms with Gasteiger partial charge in [0.15, 0.2) is 0 Å². The molecule has 0 saturated heterocycles. The van der Waals surface area contributed by atoms with Crippen LogP contribution >= 0.6 is 0 Å². The van der Waals surface area contributed by atoms with Gasteiger partial charge in [0.1, 0.15) is 0 Å². The molecule has 2 rings (SSSR count). The summed E-state index contributed by atoms with van der Waals surface area (Å²) in [4.78, 5) is 25.5. The number of amides is 1. The van der Waals surface area contributed by atoms with Crippen molar-refractivity contribution in [2.75, 3.05) is 13.1 Å². The van der Waals surface area contributed by atoms with Crippen molar-refractivity contribution in [1.29, 1.82) is 0 Å². The summed E-state index contributed by atoms with van der Waals surface area (Å²) in [7, 11) is 0. The van der Waals surface area contributed by atoms with E-state index in [1.165, 1.54) is 0 Å². The van der Waals surface area contributed by atoms with Crippen LogP contribution in [0.4, 0.5) is 0 Å². The van der Waals surface area contributed by atoms with E-state index in [-0.39, 0.29) is 18.4 Å². The summed E-state index contributed by atoms with van der Waals surface area (Å²) in [5.74, 6) is -1.37. The maximum Gasteiger partial charge on any atom is 0.312 e. The van der Waals surface area contributed by atoms with Crippen molar-refractivity contribution in [3.63, 3.8) is 0 Å². The molecule has 5 nitrogen and oxygen atoms in total. The Balaban J connectivity index is 2.17. The summed E-state index contributed by atoms with van der Waals surface area (Å²) < 4.78 is 0. The van der Waals surface area contributed by atoms with Crippen molar-refractivity contribution in [3.8, 4) is 0 Å². The largest absolute Gasteiger partial charge is 0.481 e. The molecule has 1 aromatic rings. The molecule has 0 saturated carbocycles. The Bertz CT molecular complexity index is 526. The minimum absolute atomic E-state index is 0.00643. The van der Waals surface area contributed by atoms with Crippen molar-refractivity contribution >= 4 is 11.9 Å². The normalized spacial score (nSPS) is 19.0. The Hall–Kier alpha value is -1.88. The Morgan fingerprint density at radius 1 is 1.43 bits per heavy atom. The molecule has 0 radical (unpaired) electrons. The second kappa shape index (κ2) is 6.72. The van der Waals surface area contributed by atoms with Gasteiger partial charge >= 0.3 is 5.97 Å². The third-order valence-corrected chi connectivity index (χ3v) is 4.22. The zero-order valence-corrected chi connectivity index (χ0v) is 12.3. The van der Waals surface area contributed by atoms with Gasteiger partial charge in [-0.05, 0) is 23.6 Å². The smallest absolute Gasteiger partial charge is 0.312 e. The Morgan fingerprint density at radius 2 is 2.14 bits per heavy atom. The molecule has 0 fully saturated rings. The highest BCUT2D eigenvalue weighted by Gasteiger charge is 2.32. The van der Waals surface area contributed by atoms with E-state index in [1.807, 2.05) is 31.2 Å². The lowest BCUT2D eigenvalue weighted by Gasteiger charge is -2.33. The average molecular weight is 290 g/mol. The topological polar surface area (TPSA) is 83.6 Å². The van der Waals surface area contributed by atoms with Gasteiger partial charge in [-0.15, -0.1) is 0 Å². The molecule has 0 bridgehead atoms. The highest BCUT2D eigenvalue weighted by Crippen LogP contribution is 2.29. The molecule has 114 valence electrons. The predicted molar refractivity (Wildman–Crippen MR) is 79.7 cm³/mol. The van der Waals surface area contributed by atoms with Crippen molar-refractivity contribution in [3.05, 3.63) is 35.4 Å². The summed E-state index contributed by atoms with van der Waals surface area (Å²) in [6, 6.07) is 7.45. The number of hydrogen-bond donors (Lipinski definition) is 2. The summed E-state index contributed by atoms with van der Waals surface area (Å²) in [6.45, 7) is 3.22. The first-order valence-corrected chi connectivity index (χ1v) is 7.35. The molecule has 0 aliphatic carbocycles. The molecule has 5 heteroatoms. The van der Waals surface area contributed by atoms with Gasteiger partial charge in [0.05, 0.1) is 5.92 Å². The van der Waals surface area contributed by atoms with Crippen LogP contribution in [0, 0.1) is 5.92 Å². The summed E-state index contributed by atoms with van der Waals surface area (Å²) >= 11 is 0. The molecule has 21 heavy (non-hydrogen) atoms. The van der Waals surface area contributed by atoms with Crippen molar-refractivity contribution in [1.82, 2.24) is 4.90 Å². The van der Waals surface area contributed by atoms with Crippen LogP contribution in [0.2, 0.25) is 0 Å². The summed E-state index contributed by atoms with van der Waals surface area (Å²) in [5.41, 5.74) is 7.39. The van der Waals surface area contributed by atoms with Crippen LogP contribution in [0.3, 0.4) is 0 Å². The van der Waals surface area contributed by atoms with Crippen molar-refractivity contribution in [2.24, 2.45) is 11.7 Å². The molecule has 1 aliphatic heterocycles. The van der Waals surface area contributed by atoms with Gasteiger partial charge in [-0.25, -0.2) is 0 Å². The number of rotatable bonds is 5. The molecule has 1 aliphatic rings. The van der Waals surface area contributed by atoms with Crippen LogP contribution in [0.5, 0.6) is 0 Å². The van der Waals surface area contributed by atoms with Gasteiger partial charge < -0.3 is 15.7 Å². The van der Waals surface area contributed by atoms with Gasteiger partial charge in [-0.2, -0.15) is 0 Å². The van der Waals surface area contributed by atoms with Gasteiger partial charge in [0.2, 0.25) is 5.91 Å². The monoisotopic (exact) mass is 290 g/mol. The Labute approximate surface area is 124 Å². The Kier molecular flexibility index (Phi) is 4.96. The summed E-state index contributed by atoms with van der Waals surface area (Å²) in [5, 5.41) is 9.40. The number of aliphatic carboxylic acids is 1. The second-order valence-electron chi connectivity index (χ2n) is 5.58. The maximum atomic E-state index is 12.4. The van der Waals surface area contributed by atoms with Crippen LogP contribution in [0.15, 0.2) is 24.3 Å². The lowest BCUT2D eigenvalue weighted by molar-refractivity contribution is -0.141. The zero-order valence-electron chi connectivity index (χ0n) is 12.3. The SMILES string of the molecule is CCC(CN)CC(=O)N1Cc2ccccc2C(C(=O)O)C1. The van der Waals surface area contributed by atoms with E-state index in [9.17, 15) is 14.7 Å². The first-order chi connectivity index (χ1) is 10.1. The number of hydrogen-bond acceptors (Lipinski definition) is 3. The van der Waals surface area contributed by atoms with Crippen LogP contribution in [-0.4, -0.2) is 35.0 Å². The average Bonchev–Trinajstić information content (AvgIpc) is 2.51. The Morgan fingerprint density at radius 3 is 2.76 bits per heavy atom. The molecule has 0 aromatic heterocycles. The third-order valence-electron chi connectivity index (χ3n) is 4.22. The van der Waals surface area contributed by atoms with Crippen molar-refractivity contribution < 1.29 is 14.7 Å². The molecule has 1 amide bonds. The van der Waals surface area contributed by atoms with Crippen LogP contribution in [0.1, 0.15) is 36.8 Å². The van der Waals surface area contributed by atoms with Gasteiger partial charge in [0, 0.05) is 19.5 Å². The number of benzene rings is 1. The van der Waals surface area contributed by atoms with E-state index < -0.39 is 11.9 Å². The molecule has 2 unspecified atom stereocenters. The van der Waals surface area contributed by atoms with Gasteiger partial charge in [-0.1, -0.05) is 37.6 Å². The minimum Gasteiger partial charge on any atom is -0.481 e. The van der Waals surface area contributed by atoms with E-state index in [1.54, 1.807) is 4.90 Å². The first kappa shape index (κ1) is 15.5. The van der Waals surface area contributed by atoms with E-state index in [2.05, 4.69) is 0 Å². The summed E-state index contributed by atoms with van der Waals surface area (Å²) in [6.07, 6.45) is 1.25. The van der Waals surface area contributed by atoms with E-state index in [0.29, 0.717) is 19.5 Å².